The lowest BCUT2D eigenvalue weighted by atomic mass is 10.0. The summed E-state index contributed by atoms with van der Waals surface area (Å²) < 4.78 is 10.3. The Labute approximate surface area is 146 Å². The molecule has 2 rings (SSSR count). The first-order valence-electron chi connectivity index (χ1n) is 8.04. The third-order valence-electron chi connectivity index (χ3n) is 3.71. The maximum absolute atomic E-state index is 12.3. The monoisotopic (exact) mass is 346 g/mol. The zero-order valence-corrected chi connectivity index (χ0v) is 14.3. The Kier molecular flexibility index (Phi) is 6.11. The van der Waals surface area contributed by atoms with E-state index in [1.165, 1.54) is 25.3 Å². The van der Waals surface area contributed by atoms with Crippen LogP contribution in [-0.4, -0.2) is 34.8 Å². The summed E-state index contributed by atoms with van der Waals surface area (Å²) in [4.78, 5) is 12.3. The lowest BCUT2D eigenvalue weighted by Crippen LogP contribution is -2.03. The topological polar surface area (TPSA) is 96.2 Å². The number of ketones is 1. The molecule has 2 aromatic rings. The van der Waals surface area contributed by atoms with Gasteiger partial charge < -0.3 is 24.8 Å². The lowest BCUT2D eigenvalue weighted by molar-refractivity contribution is 0.0977. The van der Waals surface area contributed by atoms with Crippen molar-refractivity contribution in [1.29, 1.82) is 0 Å². The van der Waals surface area contributed by atoms with Gasteiger partial charge in [-0.05, 0) is 30.5 Å². The van der Waals surface area contributed by atoms with Gasteiger partial charge in [0.1, 0.15) is 22.8 Å². The van der Waals surface area contributed by atoms with Crippen molar-refractivity contribution < 1.29 is 29.6 Å². The SMILES string of the molecule is CCCOc1cc(O)c(C(=O)CCc2ccc(OC)c(O)c2)c(O)c1. The van der Waals surface area contributed by atoms with Gasteiger partial charge in [0.15, 0.2) is 17.3 Å². The van der Waals surface area contributed by atoms with Crippen LogP contribution in [-0.2, 0) is 6.42 Å². The number of phenols is 3. The summed E-state index contributed by atoms with van der Waals surface area (Å²) in [5.74, 6) is -0.355. The average Bonchev–Trinajstić information content (AvgIpc) is 2.57. The normalized spacial score (nSPS) is 10.5. The predicted octanol–water partition coefficient (Wildman–Crippen LogP) is 3.42. The quantitative estimate of drug-likeness (QED) is 0.634. The molecule has 0 fully saturated rings. The molecular formula is C19H22O6. The number of ether oxygens (including phenoxy) is 2. The molecule has 0 aliphatic heterocycles. The number of aryl methyl sites for hydroxylation is 1. The molecule has 0 saturated heterocycles. The molecule has 25 heavy (non-hydrogen) atoms. The van der Waals surface area contributed by atoms with E-state index in [4.69, 9.17) is 9.47 Å². The number of carbonyl (C=O) groups excluding carboxylic acids is 1. The molecule has 0 aromatic heterocycles. The molecule has 0 unspecified atom stereocenters. The van der Waals surface area contributed by atoms with E-state index in [9.17, 15) is 20.1 Å². The molecule has 6 nitrogen and oxygen atoms in total. The number of methoxy groups -OCH3 is 1. The molecule has 2 aromatic carbocycles. The number of rotatable bonds is 8. The van der Waals surface area contributed by atoms with Gasteiger partial charge in [0.25, 0.3) is 0 Å². The highest BCUT2D eigenvalue weighted by molar-refractivity contribution is 6.01. The summed E-state index contributed by atoms with van der Waals surface area (Å²) in [6, 6.07) is 7.52. The maximum atomic E-state index is 12.3. The number of carbonyl (C=O) groups is 1. The van der Waals surface area contributed by atoms with Crippen LogP contribution in [0.2, 0.25) is 0 Å². The highest BCUT2D eigenvalue weighted by Gasteiger charge is 2.18. The van der Waals surface area contributed by atoms with E-state index in [0.717, 1.165) is 12.0 Å². The van der Waals surface area contributed by atoms with E-state index in [0.29, 0.717) is 24.5 Å². The highest BCUT2D eigenvalue weighted by Crippen LogP contribution is 2.34. The van der Waals surface area contributed by atoms with Gasteiger partial charge >= 0.3 is 0 Å². The molecule has 0 spiro atoms. The van der Waals surface area contributed by atoms with Crippen LogP contribution >= 0.6 is 0 Å². The van der Waals surface area contributed by atoms with Crippen LogP contribution < -0.4 is 9.47 Å². The van der Waals surface area contributed by atoms with Crippen molar-refractivity contribution in [3.63, 3.8) is 0 Å². The van der Waals surface area contributed by atoms with Crippen molar-refractivity contribution in [3.05, 3.63) is 41.5 Å². The minimum Gasteiger partial charge on any atom is -0.507 e. The van der Waals surface area contributed by atoms with E-state index >= 15 is 0 Å². The van der Waals surface area contributed by atoms with Crippen LogP contribution in [0.25, 0.3) is 0 Å². The molecule has 0 atom stereocenters. The highest BCUT2D eigenvalue weighted by atomic mass is 16.5. The number of hydrogen-bond donors (Lipinski definition) is 3. The van der Waals surface area contributed by atoms with Gasteiger partial charge in [0, 0.05) is 18.6 Å². The van der Waals surface area contributed by atoms with Gasteiger partial charge in [0.05, 0.1) is 13.7 Å². The number of benzene rings is 2. The van der Waals surface area contributed by atoms with E-state index in [1.54, 1.807) is 12.1 Å². The van der Waals surface area contributed by atoms with Gasteiger partial charge in [0.2, 0.25) is 0 Å². The van der Waals surface area contributed by atoms with Crippen molar-refractivity contribution >= 4 is 5.78 Å². The third-order valence-corrected chi connectivity index (χ3v) is 3.71. The maximum Gasteiger partial charge on any atom is 0.170 e. The number of hydrogen-bond acceptors (Lipinski definition) is 6. The Balaban J connectivity index is 2.09. The van der Waals surface area contributed by atoms with Crippen molar-refractivity contribution in [3.8, 4) is 28.7 Å². The molecule has 0 bridgehead atoms. The third kappa shape index (κ3) is 4.56. The molecule has 0 amide bonds. The van der Waals surface area contributed by atoms with Gasteiger partial charge in [-0.3, -0.25) is 4.79 Å². The Hall–Kier alpha value is -2.89. The van der Waals surface area contributed by atoms with Crippen LogP contribution in [0, 0.1) is 0 Å². The summed E-state index contributed by atoms with van der Waals surface area (Å²) >= 11 is 0. The number of phenolic OH excluding ortho intramolecular Hbond substituents is 3. The number of Topliss-reactive ketones (excluding diaryl/α,β-unsaturated/α-hetero) is 1. The zero-order chi connectivity index (χ0) is 18.4. The van der Waals surface area contributed by atoms with Crippen LogP contribution in [0.5, 0.6) is 28.7 Å². The zero-order valence-electron chi connectivity index (χ0n) is 14.3. The van der Waals surface area contributed by atoms with Crippen molar-refractivity contribution in [2.45, 2.75) is 26.2 Å². The summed E-state index contributed by atoms with van der Waals surface area (Å²) in [6.45, 7) is 2.39. The van der Waals surface area contributed by atoms with Gasteiger partial charge in [-0.1, -0.05) is 13.0 Å². The van der Waals surface area contributed by atoms with Crippen molar-refractivity contribution in [1.82, 2.24) is 0 Å². The van der Waals surface area contributed by atoms with E-state index in [2.05, 4.69) is 0 Å². The summed E-state index contributed by atoms with van der Waals surface area (Å²) in [7, 11) is 1.46. The fraction of sp³-hybridized carbons (Fsp3) is 0.316. The molecule has 0 heterocycles. The predicted molar refractivity (Wildman–Crippen MR) is 92.9 cm³/mol. The fourth-order valence-corrected chi connectivity index (χ4v) is 2.45. The molecule has 6 heteroatoms. The summed E-state index contributed by atoms with van der Waals surface area (Å²) in [6.07, 6.45) is 1.21. The van der Waals surface area contributed by atoms with E-state index in [-0.39, 0.29) is 29.2 Å². The largest absolute Gasteiger partial charge is 0.507 e. The first-order chi connectivity index (χ1) is 12.0. The molecule has 0 saturated carbocycles. The van der Waals surface area contributed by atoms with Crippen molar-refractivity contribution in [2.24, 2.45) is 0 Å². The Bertz CT molecular complexity index is 731. The minimum absolute atomic E-state index is 0.00410. The fourth-order valence-electron chi connectivity index (χ4n) is 2.45. The second kappa shape index (κ2) is 8.28. The molecule has 0 aliphatic carbocycles. The second-order valence-electron chi connectivity index (χ2n) is 5.61. The van der Waals surface area contributed by atoms with E-state index in [1.807, 2.05) is 6.92 Å². The minimum atomic E-state index is -0.396. The van der Waals surface area contributed by atoms with Crippen LogP contribution in [0.1, 0.15) is 35.7 Å². The van der Waals surface area contributed by atoms with Crippen LogP contribution in [0.3, 0.4) is 0 Å². The Morgan fingerprint density at radius 3 is 2.28 bits per heavy atom. The van der Waals surface area contributed by atoms with Gasteiger partial charge in [-0.25, -0.2) is 0 Å². The van der Waals surface area contributed by atoms with Crippen LogP contribution in [0.15, 0.2) is 30.3 Å². The molecule has 0 radical (unpaired) electrons. The average molecular weight is 346 g/mol. The standard InChI is InChI=1S/C19H22O6/c1-3-8-25-13-10-16(22)19(17(23)11-13)14(20)6-4-12-5-7-18(24-2)15(21)9-12/h5,7,9-11,21-23H,3-4,6,8H2,1-2H3. The molecule has 3 N–H and O–H groups in total. The molecule has 134 valence electrons. The first kappa shape index (κ1) is 18.4. The Morgan fingerprint density at radius 1 is 1.04 bits per heavy atom. The first-order valence-corrected chi connectivity index (χ1v) is 8.04. The van der Waals surface area contributed by atoms with Gasteiger partial charge in [-0.15, -0.1) is 0 Å². The smallest absolute Gasteiger partial charge is 0.170 e. The summed E-state index contributed by atoms with van der Waals surface area (Å²) in [5.41, 5.74) is 0.620. The molecule has 0 aliphatic rings. The lowest BCUT2D eigenvalue weighted by Gasteiger charge is -2.11. The number of aromatic hydroxyl groups is 3. The van der Waals surface area contributed by atoms with Gasteiger partial charge in [-0.2, -0.15) is 0 Å². The van der Waals surface area contributed by atoms with Crippen molar-refractivity contribution in [2.75, 3.05) is 13.7 Å². The van der Waals surface area contributed by atoms with Crippen LogP contribution in [0.4, 0.5) is 0 Å². The summed E-state index contributed by atoms with van der Waals surface area (Å²) in [5, 5.41) is 29.8. The molecular weight excluding hydrogens is 324 g/mol. The second-order valence-corrected chi connectivity index (χ2v) is 5.61. The van der Waals surface area contributed by atoms with E-state index < -0.39 is 5.78 Å². The Morgan fingerprint density at radius 2 is 1.72 bits per heavy atom.